The molecule has 0 aliphatic rings. The lowest BCUT2D eigenvalue weighted by Crippen LogP contribution is -2.16. The molecule has 2 rings (SSSR count). The molecule has 0 saturated carbocycles. The topological polar surface area (TPSA) is 103 Å². The van der Waals surface area contributed by atoms with Crippen LogP contribution in [0.4, 0.5) is 10.1 Å². The molecule has 1 heterocycles. The third-order valence-electron chi connectivity index (χ3n) is 2.70. The van der Waals surface area contributed by atoms with Crippen molar-refractivity contribution in [1.82, 2.24) is 15.0 Å². The Kier molecular flexibility index (Phi) is 3.97. The van der Waals surface area contributed by atoms with Crippen LogP contribution in [0.25, 0.3) is 0 Å². The molecular formula is C13H14FN5O2. The second kappa shape index (κ2) is 5.70. The lowest BCUT2D eigenvalue weighted by atomic mass is 10.2. The molecule has 0 radical (unpaired) electrons. The van der Waals surface area contributed by atoms with E-state index in [1.165, 1.54) is 23.1 Å². The number of benzene rings is 1. The van der Waals surface area contributed by atoms with Gasteiger partial charge in [-0.1, -0.05) is 0 Å². The summed E-state index contributed by atoms with van der Waals surface area (Å²) in [5.41, 5.74) is 5.11. The fourth-order valence-corrected chi connectivity index (χ4v) is 1.59. The van der Waals surface area contributed by atoms with Crippen molar-refractivity contribution in [2.75, 3.05) is 5.32 Å². The minimum atomic E-state index is -0.712. The lowest BCUT2D eigenvalue weighted by molar-refractivity contribution is 0.0995. The molecule has 7 nitrogen and oxygen atoms in total. The quantitative estimate of drug-likeness (QED) is 0.887. The zero-order valence-corrected chi connectivity index (χ0v) is 11.5. The first kappa shape index (κ1) is 14.6. The maximum Gasteiger partial charge on any atom is 0.277 e. The van der Waals surface area contributed by atoms with E-state index in [4.69, 9.17) is 5.73 Å². The van der Waals surface area contributed by atoms with Crippen molar-refractivity contribution < 1.29 is 14.0 Å². The highest BCUT2D eigenvalue weighted by atomic mass is 19.1. The normalized spacial score (nSPS) is 10.7. The molecule has 2 aromatic rings. The molecule has 110 valence electrons. The Morgan fingerprint density at radius 2 is 2.10 bits per heavy atom. The van der Waals surface area contributed by atoms with Gasteiger partial charge in [0.05, 0.1) is 17.9 Å². The van der Waals surface area contributed by atoms with E-state index in [0.717, 1.165) is 6.07 Å². The number of rotatable bonds is 4. The monoisotopic (exact) mass is 291 g/mol. The van der Waals surface area contributed by atoms with Crippen LogP contribution >= 0.6 is 0 Å². The summed E-state index contributed by atoms with van der Waals surface area (Å²) in [6.07, 6.45) is 1.28. The minimum absolute atomic E-state index is 0.00137. The van der Waals surface area contributed by atoms with Crippen LogP contribution in [0.1, 0.15) is 40.7 Å². The highest BCUT2D eigenvalue weighted by Gasteiger charge is 2.15. The SMILES string of the molecule is CC(C)n1ncc(C(=O)Nc2cc(C(N)=O)ccc2F)n1. The van der Waals surface area contributed by atoms with Crippen molar-refractivity contribution >= 4 is 17.5 Å². The number of carbonyl (C=O) groups excluding carboxylic acids is 2. The van der Waals surface area contributed by atoms with E-state index in [-0.39, 0.29) is 23.0 Å². The number of carbonyl (C=O) groups is 2. The van der Waals surface area contributed by atoms with Crippen LogP contribution in [0, 0.1) is 5.82 Å². The first-order chi connectivity index (χ1) is 9.88. The summed E-state index contributed by atoms with van der Waals surface area (Å²) in [5, 5.41) is 10.2. The number of anilines is 1. The molecule has 0 saturated heterocycles. The number of nitrogens with one attached hydrogen (secondary N) is 1. The number of hydrogen-bond donors (Lipinski definition) is 2. The summed E-state index contributed by atoms with van der Waals surface area (Å²) in [7, 11) is 0. The van der Waals surface area contributed by atoms with E-state index in [2.05, 4.69) is 15.5 Å². The number of aromatic nitrogens is 3. The molecule has 0 fully saturated rings. The van der Waals surface area contributed by atoms with Gasteiger partial charge in [-0.05, 0) is 32.0 Å². The highest BCUT2D eigenvalue weighted by molar-refractivity contribution is 6.03. The Labute approximate surface area is 119 Å². The lowest BCUT2D eigenvalue weighted by Gasteiger charge is -2.06. The summed E-state index contributed by atoms with van der Waals surface area (Å²) < 4.78 is 13.6. The maximum atomic E-state index is 13.6. The van der Waals surface area contributed by atoms with Gasteiger partial charge in [0, 0.05) is 5.56 Å². The van der Waals surface area contributed by atoms with Gasteiger partial charge in [-0.3, -0.25) is 9.59 Å². The number of nitrogens with zero attached hydrogens (tertiary/aromatic N) is 3. The van der Waals surface area contributed by atoms with E-state index in [0.29, 0.717) is 0 Å². The Balaban J connectivity index is 2.22. The van der Waals surface area contributed by atoms with Gasteiger partial charge in [-0.2, -0.15) is 9.90 Å². The zero-order valence-electron chi connectivity index (χ0n) is 11.5. The van der Waals surface area contributed by atoms with Crippen molar-refractivity contribution in [3.63, 3.8) is 0 Å². The molecule has 0 atom stereocenters. The van der Waals surface area contributed by atoms with Crippen LogP contribution in [0.3, 0.4) is 0 Å². The zero-order chi connectivity index (χ0) is 15.6. The summed E-state index contributed by atoms with van der Waals surface area (Å²) in [5.74, 6) is -2.01. The molecule has 2 amide bonds. The largest absolute Gasteiger partial charge is 0.366 e. The van der Waals surface area contributed by atoms with Gasteiger partial charge in [-0.25, -0.2) is 4.39 Å². The summed E-state index contributed by atoms with van der Waals surface area (Å²) in [6.45, 7) is 3.72. The Morgan fingerprint density at radius 1 is 1.38 bits per heavy atom. The number of amides is 2. The molecular weight excluding hydrogens is 277 g/mol. The second-order valence-corrected chi connectivity index (χ2v) is 4.66. The van der Waals surface area contributed by atoms with Crippen LogP contribution in [-0.4, -0.2) is 26.8 Å². The predicted molar refractivity (Wildman–Crippen MR) is 73.3 cm³/mol. The summed E-state index contributed by atoms with van der Waals surface area (Å²) >= 11 is 0. The Morgan fingerprint density at radius 3 is 2.67 bits per heavy atom. The fraction of sp³-hybridized carbons (Fsp3) is 0.231. The fourth-order valence-electron chi connectivity index (χ4n) is 1.59. The van der Waals surface area contributed by atoms with Gasteiger partial charge in [0.2, 0.25) is 5.91 Å². The number of halogens is 1. The van der Waals surface area contributed by atoms with Crippen LogP contribution < -0.4 is 11.1 Å². The summed E-state index contributed by atoms with van der Waals surface area (Å²) in [4.78, 5) is 24.4. The maximum absolute atomic E-state index is 13.6. The van der Waals surface area contributed by atoms with Crippen molar-refractivity contribution in [3.05, 3.63) is 41.5 Å². The highest BCUT2D eigenvalue weighted by Crippen LogP contribution is 2.17. The molecule has 1 aromatic carbocycles. The van der Waals surface area contributed by atoms with Gasteiger partial charge in [0.1, 0.15) is 5.82 Å². The molecule has 21 heavy (non-hydrogen) atoms. The van der Waals surface area contributed by atoms with Gasteiger partial charge in [0.25, 0.3) is 5.91 Å². The van der Waals surface area contributed by atoms with Crippen molar-refractivity contribution in [2.45, 2.75) is 19.9 Å². The van der Waals surface area contributed by atoms with E-state index in [1.54, 1.807) is 0 Å². The molecule has 0 bridgehead atoms. The van der Waals surface area contributed by atoms with Crippen LogP contribution in [0.15, 0.2) is 24.4 Å². The molecule has 0 aliphatic heterocycles. The standard InChI is InChI=1S/C13H14FN5O2/c1-7(2)19-16-6-11(18-19)13(21)17-10-5-8(12(15)20)3-4-9(10)14/h3-7H,1-2H3,(H2,15,20)(H,17,21). The molecule has 1 aromatic heterocycles. The van der Waals surface area contributed by atoms with Gasteiger partial charge in [-0.15, -0.1) is 5.10 Å². The van der Waals surface area contributed by atoms with Crippen molar-refractivity contribution in [2.24, 2.45) is 5.73 Å². The number of nitrogens with two attached hydrogens (primary N) is 1. The smallest absolute Gasteiger partial charge is 0.277 e. The van der Waals surface area contributed by atoms with Crippen molar-refractivity contribution in [3.8, 4) is 0 Å². The van der Waals surface area contributed by atoms with Gasteiger partial charge in [0.15, 0.2) is 5.69 Å². The molecule has 0 aliphatic carbocycles. The molecule has 0 unspecified atom stereocenters. The van der Waals surface area contributed by atoms with Gasteiger partial charge >= 0.3 is 0 Å². The number of primary amides is 1. The average molecular weight is 291 g/mol. The first-order valence-corrected chi connectivity index (χ1v) is 6.21. The third kappa shape index (κ3) is 3.22. The number of hydrogen-bond acceptors (Lipinski definition) is 4. The second-order valence-electron chi connectivity index (χ2n) is 4.66. The minimum Gasteiger partial charge on any atom is -0.366 e. The van der Waals surface area contributed by atoms with E-state index >= 15 is 0 Å². The van der Waals surface area contributed by atoms with Crippen LogP contribution in [-0.2, 0) is 0 Å². The Bertz CT molecular complexity index is 696. The predicted octanol–water partition coefficient (Wildman–Crippen LogP) is 1.35. The van der Waals surface area contributed by atoms with E-state index in [9.17, 15) is 14.0 Å². The molecule has 0 spiro atoms. The van der Waals surface area contributed by atoms with E-state index in [1.807, 2.05) is 13.8 Å². The summed E-state index contributed by atoms with van der Waals surface area (Å²) in [6, 6.07) is 3.47. The van der Waals surface area contributed by atoms with Gasteiger partial charge < -0.3 is 11.1 Å². The van der Waals surface area contributed by atoms with Crippen molar-refractivity contribution in [1.29, 1.82) is 0 Å². The molecule has 3 N–H and O–H groups in total. The van der Waals surface area contributed by atoms with Crippen LogP contribution in [0.2, 0.25) is 0 Å². The van der Waals surface area contributed by atoms with Crippen LogP contribution in [0.5, 0.6) is 0 Å². The van der Waals surface area contributed by atoms with E-state index < -0.39 is 17.6 Å². The third-order valence-corrected chi connectivity index (χ3v) is 2.70. The Hall–Kier alpha value is -2.77. The molecule has 8 heteroatoms. The first-order valence-electron chi connectivity index (χ1n) is 6.21. The average Bonchev–Trinajstić information content (AvgIpc) is 2.90.